The maximum atomic E-state index is 13.9. The lowest BCUT2D eigenvalue weighted by Gasteiger charge is -2.18. The number of benzene rings is 2. The van der Waals surface area contributed by atoms with Gasteiger partial charge in [-0.25, -0.2) is 4.39 Å². The summed E-state index contributed by atoms with van der Waals surface area (Å²) in [6.45, 7) is 0. The van der Waals surface area contributed by atoms with Crippen LogP contribution in [0.4, 0.5) is 4.39 Å². The average Bonchev–Trinajstić information content (AvgIpc) is 2.46. The molecule has 2 rings (SSSR count). The van der Waals surface area contributed by atoms with Gasteiger partial charge in [0, 0.05) is 16.1 Å². The Balaban J connectivity index is 2.19. The van der Waals surface area contributed by atoms with E-state index in [1.165, 1.54) is 6.07 Å². The normalized spacial score (nSPS) is 12.4. The van der Waals surface area contributed by atoms with Crippen LogP contribution in [0.2, 0.25) is 15.1 Å². The molecule has 0 aromatic heterocycles. The first kappa shape index (κ1) is 16.5. The fourth-order valence-corrected chi connectivity index (χ4v) is 2.88. The predicted octanol–water partition coefficient (Wildman–Crippen LogP) is 4.40. The van der Waals surface area contributed by atoms with E-state index in [9.17, 15) is 4.39 Å². The Hall–Kier alpha value is -0.840. The second-order valence-corrected chi connectivity index (χ2v) is 5.91. The van der Waals surface area contributed by atoms with E-state index in [1.807, 2.05) is 0 Å². The van der Waals surface area contributed by atoms with Crippen LogP contribution in [0.1, 0.15) is 11.1 Å². The lowest BCUT2D eigenvalue weighted by molar-refractivity contribution is 0.506. The van der Waals surface area contributed by atoms with E-state index in [-0.39, 0.29) is 11.1 Å². The fourth-order valence-electron chi connectivity index (χ4n) is 2.14. The van der Waals surface area contributed by atoms with Gasteiger partial charge in [-0.05, 0) is 42.2 Å². The van der Waals surface area contributed by atoms with Crippen molar-refractivity contribution in [3.05, 3.63) is 68.4 Å². The summed E-state index contributed by atoms with van der Waals surface area (Å²) < 4.78 is 13.9. The first-order chi connectivity index (χ1) is 10.0. The Morgan fingerprint density at radius 3 is 2.14 bits per heavy atom. The largest absolute Gasteiger partial charge is 0.271 e. The van der Waals surface area contributed by atoms with Gasteiger partial charge in [0.15, 0.2) is 0 Å². The van der Waals surface area contributed by atoms with Crippen molar-refractivity contribution in [2.24, 2.45) is 5.84 Å². The van der Waals surface area contributed by atoms with Gasteiger partial charge in [-0.15, -0.1) is 0 Å². The molecule has 0 aliphatic carbocycles. The SMILES string of the molecule is NNC(Cc1cccc(Cl)c1F)Cc1c(Cl)cccc1Cl. The Morgan fingerprint density at radius 1 is 0.952 bits per heavy atom. The zero-order valence-electron chi connectivity index (χ0n) is 11.0. The van der Waals surface area contributed by atoms with Crippen LogP contribution in [0.5, 0.6) is 0 Å². The summed E-state index contributed by atoms with van der Waals surface area (Å²) in [5.74, 6) is 5.14. The monoisotopic (exact) mass is 346 g/mol. The summed E-state index contributed by atoms with van der Waals surface area (Å²) >= 11 is 18.1. The maximum absolute atomic E-state index is 13.9. The minimum Gasteiger partial charge on any atom is -0.271 e. The van der Waals surface area contributed by atoms with Crippen molar-refractivity contribution in [1.82, 2.24) is 5.43 Å². The van der Waals surface area contributed by atoms with E-state index in [1.54, 1.807) is 30.3 Å². The van der Waals surface area contributed by atoms with Crippen molar-refractivity contribution < 1.29 is 4.39 Å². The zero-order valence-corrected chi connectivity index (χ0v) is 13.3. The molecule has 0 heterocycles. The van der Waals surface area contributed by atoms with Crippen molar-refractivity contribution in [3.8, 4) is 0 Å². The molecular formula is C15H14Cl3FN2. The van der Waals surface area contributed by atoms with Gasteiger partial charge in [-0.1, -0.05) is 53.0 Å². The summed E-state index contributed by atoms with van der Waals surface area (Å²) in [5, 5.41) is 1.22. The van der Waals surface area contributed by atoms with Gasteiger partial charge in [0.1, 0.15) is 5.82 Å². The molecule has 0 saturated heterocycles. The van der Waals surface area contributed by atoms with Crippen LogP contribution in [0.3, 0.4) is 0 Å². The molecular weight excluding hydrogens is 334 g/mol. The van der Waals surface area contributed by atoms with Gasteiger partial charge in [0.25, 0.3) is 0 Å². The van der Waals surface area contributed by atoms with Gasteiger partial charge in [-0.2, -0.15) is 0 Å². The summed E-state index contributed by atoms with van der Waals surface area (Å²) in [7, 11) is 0. The lowest BCUT2D eigenvalue weighted by atomic mass is 9.99. The third-order valence-electron chi connectivity index (χ3n) is 3.25. The number of hydrazine groups is 1. The second-order valence-electron chi connectivity index (χ2n) is 4.68. The van der Waals surface area contributed by atoms with Crippen LogP contribution in [-0.4, -0.2) is 6.04 Å². The molecule has 0 amide bonds. The lowest BCUT2D eigenvalue weighted by Crippen LogP contribution is -2.38. The molecule has 2 aromatic carbocycles. The van der Waals surface area contributed by atoms with Crippen LogP contribution in [0.25, 0.3) is 0 Å². The highest BCUT2D eigenvalue weighted by atomic mass is 35.5. The van der Waals surface area contributed by atoms with Gasteiger partial charge < -0.3 is 0 Å². The Morgan fingerprint density at radius 2 is 1.52 bits per heavy atom. The number of halogens is 4. The molecule has 0 aliphatic heterocycles. The maximum Gasteiger partial charge on any atom is 0.145 e. The van der Waals surface area contributed by atoms with Crippen molar-refractivity contribution in [3.63, 3.8) is 0 Å². The summed E-state index contributed by atoms with van der Waals surface area (Å²) in [5.41, 5.74) is 3.95. The first-order valence-electron chi connectivity index (χ1n) is 6.34. The minimum absolute atomic E-state index is 0.0963. The Kier molecular flexibility index (Phi) is 5.85. The summed E-state index contributed by atoms with van der Waals surface area (Å²) in [4.78, 5) is 0. The Bertz CT molecular complexity index is 614. The van der Waals surface area contributed by atoms with Gasteiger partial charge in [0.2, 0.25) is 0 Å². The Labute approximate surface area is 138 Å². The highest BCUT2D eigenvalue weighted by Crippen LogP contribution is 2.27. The molecule has 1 unspecified atom stereocenters. The second kappa shape index (κ2) is 7.43. The van der Waals surface area contributed by atoms with E-state index >= 15 is 0 Å². The summed E-state index contributed by atoms with van der Waals surface area (Å²) in [6, 6.07) is 9.98. The molecule has 112 valence electrons. The van der Waals surface area contributed by atoms with E-state index < -0.39 is 5.82 Å². The highest BCUT2D eigenvalue weighted by Gasteiger charge is 2.16. The third kappa shape index (κ3) is 4.09. The van der Waals surface area contributed by atoms with E-state index in [2.05, 4.69) is 5.43 Å². The van der Waals surface area contributed by atoms with Gasteiger partial charge in [-0.3, -0.25) is 11.3 Å². The van der Waals surface area contributed by atoms with Crippen LogP contribution in [0, 0.1) is 5.82 Å². The molecule has 3 N–H and O–H groups in total. The van der Waals surface area contributed by atoms with Crippen molar-refractivity contribution >= 4 is 34.8 Å². The van der Waals surface area contributed by atoms with E-state index in [0.717, 1.165) is 5.56 Å². The predicted molar refractivity (Wildman–Crippen MR) is 86.4 cm³/mol. The average molecular weight is 348 g/mol. The zero-order chi connectivity index (χ0) is 15.4. The minimum atomic E-state index is -0.426. The van der Waals surface area contributed by atoms with E-state index in [4.69, 9.17) is 40.6 Å². The van der Waals surface area contributed by atoms with E-state index in [0.29, 0.717) is 28.5 Å². The fraction of sp³-hybridized carbons (Fsp3) is 0.200. The number of nitrogens with two attached hydrogens (primary N) is 1. The van der Waals surface area contributed by atoms with Crippen LogP contribution < -0.4 is 11.3 Å². The van der Waals surface area contributed by atoms with Crippen molar-refractivity contribution in [2.45, 2.75) is 18.9 Å². The quantitative estimate of drug-likeness (QED) is 0.621. The molecule has 6 heteroatoms. The third-order valence-corrected chi connectivity index (χ3v) is 4.25. The van der Waals surface area contributed by atoms with Crippen LogP contribution in [0.15, 0.2) is 36.4 Å². The molecule has 0 fully saturated rings. The van der Waals surface area contributed by atoms with Gasteiger partial charge in [0.05, 0.1) is 5.02 Å². The molecule has 0 bridgehead atoms. The smallest absolute Gasteiger partial charge is 0.145 e. The molecule has 0 spiro atoms. The molecule has 1 atom stereocenters. The number of nitrogens with one attached hydrogen (secondary N) is 1. The number of hydrogen-bond acceptors (Lipinski definition) is 2. The van der Waals surface area contributed by atoms with Crippen LogP contribution in [-0.2, 0) is 12.8 Å². The number of hydrogen-bond donors (Lipinski definition) is 2. The molecule has 0 saturated carbocycles. The van der Waals surface area contributed by atoms with Crippen molar-refractivity contribution in [1.29, 1.82) is 0 Å². The van der Waals surface area contributed by atoms with Crippen LogP contribution >= 0.6 is 34.8 Å². The van der Waals surface area contributed by atoms with Crippen molar-refractivity contribution in [2.75, 3.05) is 0 Å². The standard InChI is InChI=1S/C15H14Cl3FN2/c16-12-4-2-5-13(17)11(12)8-10(21-20)7-9-3-1-6-14(18)15(9)19/h1-6,10,21H,7-8,20H2. The number of rotatable bonds is 5. The van der Waals surface area contributed by atoms with Gasteiger partial charge >= 0.3 is 0 Å². The molecule has 0 radical (unpaired) electrons. The first-order valence-corrected chi connectivity index (χ1v) is 7.48. The molecule has 21 heavy (non-hydrogen) atoms. The molecule has 2 nitrogen and oxygen atoms in total. The molecule has 2 aromatic rings. The molecule has 0 aliphatic rings. The summed E-state index contributed by atoms with van der Waals surface area (Å²) in [6.07, 6.45) is 0.866. The topological polar surface area (TPSA) is 38.0 Å². The highest BCUT2D eigenvalue weighted by molar-refractivity contribution is 6.36.